The Bertz CT molecular complexity index is 515. The first-order chi connectivity index (χ1) is 7.33. The summed E-state index contributed by atoms with van der Waals surface area (Å²) in [6.45, 7) is 5.40. The number of carbonyl (C=O) groups is 1. The third-order valence-corrected chi connectivity index (χ3v) is 4.11. The maximum Gasteiger partial charge on any atom is 0.345 e. The lowest BCUT2D eigenvalue weighted by atomic mass is 10.4. The lowest BCUT2D eigenvalue weighted by Gasteiger charge is -2.03. The molecule has 7 heteroatoms. The van der Waals surface area contributed by atoms with Crippen LogP contribution < -0.4 is 4.72 Å². The van der Waals surface area contributed by atoms with Crippen LogP contribution in [0.2, 0.25) is 0 Å². The van der Waals surface area contributed by atoms with Gasteiger partial charge in [0.25, 0.3) is 0 Å². The summed E-state index contributed by atoms with van der Waals surface area (Å²) < 4.78 is 25.6. The van der Waals surface area contributed by atoms with Crippen molar-refractivity contribution in [3.8, 4) is 0 Å². The monoisotopic (exact) mass is 261 g/mol. The average molecular weight is 261 g/mol. The van der Waals surface area contributed by atoms with E-state index in [1.54, 1.807) is 6.92 Å². The molecule has 1 heterocycles. The quantitative estimate of drug-likeness (QED) is 0.783. The number of carboxylic acids is 1. The van der Waals surface area contributed by atoms with Gasteiger partial charge in [0.1, 0.15) is 4.88 Å². The summed E-state index contributed by atoms with van der Waals surface area (Å²) in [7, 11) is -3.63. The molecule has 0 saturated carbocycles. The highest BCUT2D eigenvalue weighted by molar-refractivity contribution is 7.89. The Kier molecular flexibility index (Phi) is 3.84. The van der Waals surface area contributed by atoms with Crippen LogP contribution in [0.25, 0.3) is 0 Å². The fraction of sp³-hybridized carbons (Fsp3) is 0.222. The van der Waals surface area contributed by atoms with E-state index >= 15 is 0 Å². The van der Waals surface area contributed by atoms with Gasteiger partial charge in [0.05, 0.1) is 4.90 Å². The summed E-state index contributed by atoms with van der Waals surface area (Å²) in [4.78, 5) is 10.6. The fourth-order valence-electron chi connectivity index (χ4n) is 0.873. The second-order valence-corrected chi connectivity index (χ2v) is 5.91. The van der Waals surface area contributed by atoms with Gasteiger partial charge in [-0.1, -0.05) is 12.2 Å². The maximum atomic E-state index is 11.6. The predicted octanol–water partition coefficient (Wildman–Crippen LogP) is 1.30. The van der Waals surface area contributed by atoms with Crippen molar-refractivity contribution in [3.05, 3.63) is 28.5 Å². The van der Waals surface area contributed by atoms with Crippen LogP contribution in [-0.4, -0.2) is 26.0 Å². The van der Waals surface area contributed by atoms with Gasteiger partial charge in [-0.15, -0.1) is 11.3 Å². The SMILES string of the molecule is C=C(C)CNS(=O)(=O)c1csc(C(=O)O)c1. The van der Waals surface area contributed by atoms with Gasteiger partial charge in [-0.2, -0.15) is 0 Å². The average Bonchev–Trinajstić information content (AvgIpc) is 2.64. The number of hydrogen-bond donors (Lipinski definition) is 2. The zero-order valence-electron chi connectivity index (χ0n) is 8.56. The van der Waals surface area contributed by atoms with Gasteiger partial charge in [0.15, 0.2) is 0 Å². The molecule has 0 saturated heterocycles. The normalized spacial score (nSPS) is 11.3. The van der Waals surface area contributed by atoms with Crippen LogP contribution >= 0.6 is 11.3 Å². The van der Waals surface area contributed by atoms with Crippen molar-refractivity contribution in [2.24, 2.45) is 0 Å². The molecule has 1 rings (SSSR count). The zero-order chi connectivity index (χ0) is 12.3. The molecule has 0 aromatic carbocycles. The third kappa shape index (κ3) is 3.16. The predicted molar refractivity (Wildman–Crippen MR) is 61.3 cm³/mol. The van der Waals surface area contributed by atoms with E-state index in [4.69, 9.17) is 5.11 Å². The summed E-state index contributed by atoms with van der Waals surface area (Å²) in [6, 6.07) is 1.13. The molecule has 2 N–H and O–H groups in total. The summed E-state index contributed by atoms with van der Waals surface area (Å²) in [6.07, 6.45) is 0. The molecule has 0 aliphatic heterocycles. The second-order valence-electron chi connectivity index (χ2n) is 3.23. The van der Waals surface area contributed by atoms with E-state index in [0.29, 0.717) is 5.57 Å². The smallest absolute Gasteiger partial charge is 0.345 e. The van der Waals surface area contributed by atoms with Crippen LogP contribution in [0.15, 0.2) is 28.5 Å². The Morgan fingerprint density at radius 3 is 2.69 bits per heavy atom. The Morgan fingerprint density at radius 1 is 1.62 bits per heavy atom. The molecule has 0 unspecified atom stereocenters. The molecule has 1 aromatic heterocycles. The molecule has 0 atom stereocenters. The molecular formula is C9H11NO4S2. The van der Waals surface area contributed by atoms with Crippen LogP contribution in [0.4, 0.5) is 0 Å². The van der Waals surface area contributed by atoms with E-state index in [0.717, 1.165) is 17.4 Å². The highest BCUT2D eigenvalue weighted by atomic mass is 32.2. The summed E-state index contributed by atoms with van der Waals surface area (Å²) in [5.74, 6) is -1.13. The van der Waals surface area contributed by atoms with E-state index in [9.17, 15) is 13.2 Å². The van der Waals surface area contributed by atoms with Gasteiger partial charge < -0.3 is 5.11 Å². The maximum absolute atomic E-state index is 11.6. The molecule has 1 aromatic rings. The van der Waals surface area contributed by atoms with Crippen molar-refractivity contribution in [1.29, 1.82) is 0 Å². The van der Waals surface area contributed by atoms with E-state index in [1.165, 1.54) is 5.38 Å². The van der Waals surface area contributed by atoms with Crippen molar-refractivity contribution in [3.63, 3.8) is 0 Å². The first-order valence-electron chi connectivity index (χ1n) is 4.29. The fourth-order valence-corrected chi connectivity index (χ4v) is 3.08. The summed E-state index contributed by atoms with van der Waals surface area (Å²) >= 11 is 0.878. The van der Waals surface area contributed by atoms with Gasteiger partial charge in [-0.3, -0.25) is 0 Å². The van der Waals surface area contributed by atoms with Crippen LogP contribution in [0.5, 0.6) is 0 Å². The van der Waals surface area contributed by atoms with Crippen molar-refractivity contribution in [2.75, 3.05) is 6.54 Å². The van der Waals surface area contributed by atoms with Crippen molar-refractivity contribution in [2.45, 2.75) is 11.8 Å². The highest BCUT2D eigenvalue weighted by Gasteiger charge is 2.17. The van der Waals surface area contributed by atoms with Gasteiger partial charge in [0, 0.05) is 11.9 Å². The molecule has 0 bridgehead atoms. The number of thiophene rings is 1. The first-order valence-corrected chi connectivity index (χ1v) is 6.65. The number of hydrogen-bond acceptors (Lipinski definition) is 4. The topological polar surface area (TPSA) is 83.5 Å². The molecule has 0 amide bonds. The zero-order valence-corrected chi connectivity index (χ0v) is 10.2. The minimum atomic E-state index is -3.63. The van der Waals surface area contributed by atoms with Crippen LogP contribution in [0, 0.1) is 0 Å². The Hall–Kier alpha value is -1.18. The molecule has 88 valence electrons. The van der Waals surface area contributed by atoms with Crippen LogP contribution in [0.3, 0.4) is 0 Å². The first kappa shape index (κ1) is 12.9. The number of carboxylic acid groups (broad SMARTS) is 1. The van der Waals surface area contributed by atoms with E-state index in [-0.39, 0.29) is 16.3 Å². The standard InChI is InChI=1S/C9H11NO4S2/c1-6(2)4-10-16(13,14)7-3-8(9(11)12)15-5-7/h3,5,10H,1,4H2,2H3,(H,11,12). The van der Waals surface area contributed by atoms with Crippen LogP contribution in [0.1, 0.15) is 16.6 Å². The minimum Gasteiger partial charge on any atom is -0.477 e. The second kappa shape index (κ2) is 4.77. The third-order valence-electron chi connectivity index (χ3n) is 1.66. The van der Waals surface area contributed by atoms with E-state index in [2.05, 4.69) is 11.3 Å². The van der Waals surface area contributed by atoms with Gasteiger partial charge in [-0.25, -0.2) is 17.9 Å². The van der Waals surface area contributed by atoms with E-state index in [1.807, 2.05) is 0 Å². The number of sulfonamides is 1. The Labute approximate surface area is 97.5 Å². The molecule has 16 heavy (non-hydrogen) atoms. The molecular weight excluding hydrogens is 250 g/mol. The van der Waals surface area contributed by atoms with Gasteiger partial charge >= 0.3 is 5.97 Å². The van der Waals surface area contributed by atoms with Gasteiger partial charge in [0.2, 0.25) is 10.0 Å². The molecule has 0 spiro atoms. The molecule has 0 fully saturated rings. The van der Waals surface area contributed by atoms with Crippen molar-refractivity contribution >= 4 is 27.3 Å². The Morgan fingerprint density at radius 2 is 2.25 bits per heavy atom. The lowest BCUT2D eigenvalue weighted by molar-refractivity contribution is 0.0702. The number of rotatable bonds is 5. The van der Waals surface area contributed by atoms with Crippen molar-refractivity contribution in [1.82, 2.24) is 4.72 Å². The van der Waals surface area contributed by atoms with E-state index < -0.39 is 16.0 Å². The molecule has 0 radical (unpaired) electrons. The highest BCUT2D eigenvalue weighted by Crippen LogP contribution is 2.19. The molecule has 0 aliphatic carbocycles. The summed E-state index contributed by atoms with van der Waals surface area (Å²) in [5, 5.41) is 9.96. The van der Waals surface area contributed by atoms with Gasteiger partial charge in [-0.05, 0) is 13.0 Å². The van der Waals surface area contributed by atoms with Crippen LogP contribution in [-0.2, 0) is 10.0 Å². The molecule has 0 aliphatic rings. The minimum absolute atomic E-state index is 0.00398. The Balaban J connectivity index is 2.90. The number of aromatic carboxylic acids is 1. The largest absolute Gasteiger partial charge is 0.477 e. The number of nitrogens with one attached hydrogen (secondary N) is 1. The lowest BCUT2D eigenvalue weighted by Crippen LogP contribution is -2.24. The summed E-state index contributed by atoms with van der Waals surface area (Å²) in [5.41, 5.74) is 0.678. The molecule has 5 nitrogen and oxygen atoms in total. The van der Waals surface area contributed by atoms with Crippen molar-refractivity contribution < 1.29 is 18.3 Å².